The SMILES string of the molecule is Cc1nc(C)n(C2CN(C(=O)c3ccc(C(C)(C)C)s3)C2)n1. The van der Waals surface area contributed by atoms with Gasteiger partial charge in [-0.3, -0.25) is 4.79 Å². The molecule has 1 amide bonds. The van der Waals surface area contributed by atoms with Crippen molar-refractivity contribution in [1.29, 1.82) is 0 Å². The zero-order valence-corrected chi connectivity index (χ0v) is 14.6. The van der Waals surface area contributed by atoms with E-state index in [0.717, 1.165) is 16.5 Å². The molecule has 0 radical (unpaired) electrons. The Morgan fingerprint density at radius 1 is 1.27 bits per heavy atom. The average Bonchev–Trinajstić information content (AvgIpc) is 2.94. The van der Waals surface area contributed by atoms with Crippen molar-refractivity contribution >= 4 is 17.2 Å². The Morgan fingerprint density at radius 2 is 1.95 bits per heavy atom. The molecule has 0 aromatic carbocycles. The second-order valence-electron chi connectivity index (χ2n) is 6.93. The summed E-state index contributed by atoms with van der Waals surface area (Å²) in [6.07, 6.45) is 0. The molecule has 2 aromatic rings. The Balaban J connectivity index is 1.66. The summed E-state index contributed by atoms with van der Waals surface area (Å²) < 4.78 is 1.94. The number of thiophene rings is 1. The molecule has 1 saturated heterocycles. The molecule has 1 fully saturated rings. The fraction of sp³-hybridized carbons (Fsp3) is 0.562. The van der Waals surface area contributed by atoms with Crippen molar-refractivity contribution in [2.75, 3.05) is 13.1 Å². The van der Waals surface area contributed by atoms with Crippen molar-refractivity contribution in [3.8, 4) is 0 Å². The van der Waals surface area contributed by atoms with Gasteiger partial charge in [0.05, 0.1) is 10.9 Å². The lowest BCUT2D eigenvalue weighted by Gasteiger charge is -2.39. The van der Waals surface area contributed by atoms with Gasteiger partial charge in [-0.25, -0.2) is 9.67 Å². The Bertz CT molecular complexity index is 704. The summed E-state index contributed by atoms with van der Waals surface area (Å²) >= 11 is 1.60. The largest absolute Gasteiger partial charge is 0.334 e. The van der Waals surface area contributed by atoms with Gasteiger partial charge in [-0.05, 0) is 31.4 Å². The first-order valence-corrected chi connectivity index (χ1v) is 8.36. The Morgan fingerprint density at radius 3 is 2.45 bits per heavy atom. The van der Waals surface area contributed by atoms with E-state index in [2.05, 4.69) is 36.9 Å². The highest BCUT2D eigenvalue weighted by Crippen LogP contribution is 2.31. The van der Waals surface area contributed by atoms with Gasteiger partial charge in [-0.1, -0.05) is 20.8 Å². The zero-order chi connectivity index (χ0) is 16.1. The number of hydrogen-bond donors (Lipinski definition) is 0. The van der Waals surface area contributed by atoms with Gasteiger partial charge >= 0.3 is 0 Å². The molecule has 0 aliphatic carbocycles. The molecular weight excluding hydrogens is 296 g/mol. The number of amides is 1. The van der Waals surface area contributed by atoms with Crippen molar-refractivity contribution in [2.24, 2.45) is 0 Å². The fourth-order valence-corrected chi connectivity index (χ4v) is 3.70. The van der Waals surface area contributed by atoms with Crippen LogP contribution in [-0.2, 0) is 5.41 Å². The number of nitrogens with zero attached hydrogens (tertiary/aromatic N) is 4. The van der Waals surface area contributed by atoms with Gasteiger partial charge in [0, 0.05) is 18.0 Å². The normalized spacial score (nSPS) is 16.0. The predicted molar refractivity (Wildman–Crippen MR) is 87.5 cm³/mol. The minimum Gasteiger partial charge on any atom is -0.334 e. The molecule has 0 unspecified atom stereocenters. The first-order valence-electron chi connectivity index (χ1n) is 7.55. The van der Waals surface area contributed by atoms with Crippen molar-refractivity contribution in [3.63, 3.8) is 0 Å². The van der Waals surface area contributed by atoms with Crippen LogP contribution in [0.5, 0.6) is 0 Å². The monoisotopic (exact) mass is 318 g/mol. The van der Waals surface area contributed by atoms with Gasteiger partial charge in [0.25, 0.3) is 5.91 Å². The van der Waals surface area contributed by atoms with Crippen molar-refractivity contribution in [3.05, 3.63) is 33.5 Å². The molecule has 0 spiro atoms. The van der Waals surface area contributed by atoms with Crippen LogP contribution in [0, 0.1) is 13.8 Å². The van der Waals surface area contributed by atoms with Crippen LogP contribution < -0.4 is 0 Å². The minimum atomic E-state index is 0.0933. The van der Waals surface area contributed by atoms with E-state index in [1.54, 1.807) is 11.3 Å². The molecule has 5 nitrogen and oxygen atoms in total. The quantitative estimate of drug-likeness (QED) is 0.855. The molecule has 2 aromatic heterocycles. The van der Waals surface area contributed by atoms with E-state index in [0.29, 0.717) is 13.1 Å². The summed E-state index contributed by atoms with van der Waals surface area (Å²) in [4.78, 5) is 20.8. The Hall–Kier alpha value is -1.69. The van der Waals surface area contributed by atoms with Crippen molar-refractivity contribution in [1.82, 2.24) is 19.7 Å². The van der Waals surface area contributed by atoms with E-state index >= 15 is 0 Å². The molecule has 1 aliphatic rings. The zero-order valence-electron chi connectivity index (χ0n) is 13.8. The van der Waals surface area contributed by atoms with E-state index in [1.165, 1.54) is 4.88 Å². The lowest BCUT2D eigenvalue weighted by atomic mass is 9.95. The van der Waals surface area contributed by atoms with Crippen LogP contribution in [0.4, 0.5) is 0 Å². The maximum Gasteiger partial charge on any atom is 0.264 e. The number of aryl methyl sites for hydroxylation is 2. The lowest BCUT2D eigenvalue weighted by Crippen LogP contribution is -2.51. The third kappa shape index (κ3) is 2.67. The van der Waals surface area contributed by atoms with E-state index in [-0.39, 0.29) is 17.4 Å². The van der Waals surface area contributed by atoms with Crippen molar-refractivity contribution in [2.45, 2.75) is 46.1 Å². The summed E-state index contributed by atoms with van der Waals surface area (Å²) in [5.41, 5.74) is 0.0933. The van der Waals surface area contributed by atoms with Crippen LogP contribution in [0.2, 0.25) is 0 Å². The molecule has 3 rings (SSSR count). The Labute approximate surface area is 135 Å². The first-order chi connectivity index (χ1) is 10.3. The maximum atomic E-state index is 12.5. The van der Waals surface area contributed by atoms with Crippen LogP contribution in [0.25, 0.3) is 0 Å². The van der Waals surface area contributed by atoms with Crippen LogP contribution in [0.3, 0.4) is 0 Å². The van der Waals surface area contributed by atoms with Crippen LogP contribution >= 0.6 is 11.3 Å². The predicted octanol–water partition coefficient (Wildman–Crippen LogP) is 2.95. The van der Waals surface area contributed by atoms with Crippen molar-refractivity contribution < 1.29 is 4.79 Å². The number of rotatable bonds is 2. The van der Waals surface area contributed by atoms with Gasteiger partial charge in [-0.15, -0.1) is 11.3 Å². The number of hydrogen-bond acceptors (Lipinski definition) is 4. The molecule has 0 atom stereocenters. The summed E-state index contributed by atoms with van der Waals surface area (Å²) in [5, 5.41) is 4.41. The van der Waals surface area contributed by atoms with E-state index in [1.807, 2.05) is 29.5 Å². The van der Waals surface area contributed by atoms with Crippen LogP contribution in [0.1, 0.15) is 53.0 Å². The minimum absolute atomic E-state index is 0.0933. The van der Waals surface area contributed by atoms with Gasteiger partial charge < -0.3 is 4.90 Å². The molecule has 0 bridgehead atoms. The number of carbonyl (C=O) groups excluding carboxylic acids is 1. The van der Waals surface area contributed by atoms with E-state index in [4.69, 9.17) is 0 Å². The van der Waals surface area contributed by atoms with Gasteiger partial charge in [0.1, 0.15) is 11.6 Å². The van der Waals surface area contributed by atoms with Gasteiger partial charge in [0.15, 0.2) is 0 Å². The maximum absolute atomic E-state index is 12.5. The molecule has 118 valence electrons. The van der Waals surface area contributed by atoms with Crippen LogP contribution in [0.15, 0.2) is 12.1 Å². The lowest BCUT2D eigenvalue weighted by molar-refractivity contribution is 0.0502. The highest BCUT2D eigenvalue weighted by atomic mass is 32.1. The molecule has 0 saturated carbocycles. The van der Waals surface area contributed by atoms with E-state index in [9.17, 15) is 4.79 Å². The summed E-state index contributed by atoms with van der Waals surface area (Å²) in [5.74, 6) is 1.84. The second-order valence-corrected chi connectivity index (χ2v) is 8.01. The molecule has 22 heavy (non-hydrogen) atoms. The third-order valence-corrected chi connectivity index (χ3v) is 5.46. The third-order valence-electron chi connectivity index (χ3n) is 3.96. The molecule has 6 heteroatoms. The molecular formula is C16H22N4OS. The number of likely N-dealkylation sites (tertiary alicyclic amines) is 1. The molecule has 3 heterocycles. The van der Waals surface area contributed by atoms with E-state index < -0.39 is 0 Å². The second kappa shape index (κ2) is 5.19. The van der Waals surface area contributed by atoms with Gasteiger partial charge in [-0.2, -0.15) is 5.10 Å². The summed E-state index contributed by atoms with van der Waals surface area (Å²) in [7, 11) is 0. The average molecular weight is 318 g/mol. The molecule has 1 aliphatic heterocycles. The topological polar surface area (TPSA) is 51.0 Å². The highest BCUT2D eigenvalue weighted by molar-refractivity contribution is 7.14. The molecule has 0 N–H and O–H groups in total. The standard InChI is InChI=1S/C16H22N4OS/c1-10-17-11(2)20(18-10)12-8-19(9-12)15(21)13-6-7-14(22-13)16(3,4)5/h6-7,12H,8-9H2,1-5H3. The number of aromatic nitrogens is 3. The Kier molecular flexibility index (Phi) is 3.59. The van der Waals surface area contributed by atoms with Gasteiger partial charge in [0.2, 0.25) is 0 Å². The van der Waals surface area contributed by atoms with Crippen LogP contribution in [-0.4, -0.2) is 38.7 Å². The summed E-state index contributed by atoms with van der Waals surface area (Å²) in [6.45, 7) is 11.8. The highest BCUT2D eigenvalue weighted by Gasteiger charge is 2.34. The summed E-state index contributed by atoms with van der Waals surface area (Å²) in [6, 6.07) is 4.28. The fourth-order valence-electron chi connectivity index (χ4n) is 2.67. The smallest absolute Gasteiger partial charge is 0.264 e. The number of carbonyl (C=O) groups is 1. The first kappa shape index (κ1) is 15.2.